The number of nitrogens with zero attached hydrogens (tertiary/aromatic N) is 2. The molecule has 5 rings (SSSR count). The van der Waals surface area contributed by atoms with Crippen LogP contribution in [-0.2, 0) is 22.4 Å². The fraction of sp³-hybridized carbons (Fsp3) is 0.378. The maximum absolute atomic E-state index is 14.2. The predicted molar refractivity (Wildman–Crippen MR) is 215 cm³/mol. The molecule has 4 amide bonds. The van der Waals surface area contributed by atoms with E-state index in [1.165, 1.54) is 5.56 Å². The van der Waals surface area contributed by atoms with Crippen molar-refractivity contribution in [2.24, 2.45) is 5.41 Å². The summed E-state index contributed by atoms with van der Waals surface area (Å²) in [5.41, 5.74) is 4.85. The number of hydrogen-bond donors (Lipinski definition) is 3. The van der Waals surface area contributed by atoms with Crippen LogP contribution in [0, 0.1) is 5.41 Å². The number of hydrogen-bond acceptors (Lipinski definition) is 5. The Morgan fingerprint density at radius 2 is 1.33 bits per heavy atom. The molecule has 4 aromatic carbocycles. The van der Waals surface area contributed by atoms with Crippen molar-refractivity contribution in [3.8, 4) is 11.1 Å². The summed E-state index contributed by atoms with van der Waals surface area (Å²) in [6, 6.07) is 33.9. The van der Waals surface area contributed by atoms with Gasteiger partial charge in [0.15, 0.2) is 0 Å². The third kappa shape index (κ3) is 10.7. The summed E-state index contributed by atoms with van der Waals surface area (Å²) < 4.78 is 0. The van der Waals surface area contributed by atoms with Crippen LogP contribution in [0.3, 0.4) is 0 Å². The first kappa shape index (κ1) is 39.9. The van der Waals surface area contributed by atoms with Crippen LogP contribution in [0.4, 0.5) is 0 Å². The van der Waals surface area contributed by atoms with Gasteiger partial charge in [0.25, 0.3) is 11.8 Å². The SMILES string of the molecule is CN[C@@H](C)C(=O)N[C@H](C(=O)N1CCC[C@H]1CN(CCc1ccccc1)C(=O)c1ccc(-c2ccc(C(=O)NCCc3ccccc3)cc2)cc1)C(C)(C)C. The highest BCUT2D eigenvalue weighted by molar-refractivity contribution is 5.96. The van der Waals surface area contributed by atoms with E-state index in [4.69, 9.17) is 0 Å². The molecule has 0 saturated carbocycles. The summed E-state index contributed by atoms with van der Waals surface area (Å²) in [5.74, 6) is -0.542. The molecule has 0 spiro atoms. The molecule has 0 aliphatic carbocycles. The average molecular weight is 730 g/mol. The molecule has 0 radical (unpaired) electrons. The van der Waals surface area contributed by atoms with Gasteiger partial charge in [0.1, 0.15) is 6.04 Å². The third-order valence-corrected chi connectivity index (χ3v) is 10.3. The minimum atomic E-state index is -0.703. The Kier molecular flexibility index (Phi) is 13.8. The molecule has 0 unspecified atom stereocenters. The zero-order valence-electron chi connectivity index (χ0n) is 32.3. The van der Waals surface area contributed by atoms with Crippen molar-refractivity contribution in [1.82, 2.24) is 25.8 Å². The van der Waals surface area contributed by atoms with Crippen LogP contribution in [0.5, 0.6) is 0 Å². The maximum Gasteiger partial charge on any atom is 0.253 e. The van der Waals surface area contributed by atoms with Crippen LogP contribution in [0.2, 0.25) is 0 Å². The molecular formula is C45H55N5O4. The molecular weight excluding hydrogens is 675 g/mol. The minimum Gasteiger partial charge on any atom is -0.352 e. The van der Waals surface area contributed by atoms with Crippen molar-refractivity contribution in [3.63, 3.8) is 0 Å². The Bertz CT molecular complexity index is 1840. The zero-order chi connectivity index (χ0) is 38.7. The van der Waals surface area contributed by atoms with Crippen LogP contribution in [0.25, 0.3) is 11.1 Å². The molecule has 4 aromatic rings. The van der Waals surface area contributed by atoms with Gasteiger partial charge in [0.05, 0.1) is 6.04 Å². The number of likely N-dealkylation sites (tertiary alicyclic amines) is 1. The summed E-state index contributed by atoms with van der Waals surface area (Å²) in [7, 11) is 1.72. The number of carbonyl (C=O) groups is 4. The van der Waals surface area contributed by atoms with Crippen molar-refractivity contribution in [2.45, 2.75) is 71.5 Å². The highest BCUT2D eigenvalue weighted by Gasteiger charge is 2.40. The molecule has 3 atom stereocenters. The molecule has 9 heteroatoms. The van der Waals surface area contributed by atoms with Gasteiger partial charge in [-0.05, 0) is 91.6 Å². The Labute approximate surface area is 320 Å². The lowest BCUT2D eigenvalue weighted by Crippen LogP contribution is -2.59. The Morgan fingerprint density at radius 3 is 1.89 bits per heavy atom. The maximum atomic E-state index is 14.2. The summed E-state index contributed by atoms with van der Waals surface area (Å²) in [5, 5.41) is 8.95. The van der Waals surface area contributed by atoms with E-state index in [0.29, 0.717) is 43.7 Å². The lowest BCUT2D eigenvalue weighted by atomic mass is 9.85. The van der Waals surface area contributed by atoms with Gasteiger partial charge in [0, 0.05) is 43.3 Å². The summed E-state index contributed by atoms with van der Waals surface area (Å²) in [6.07, 6.45) is 3.06. The van der Waals surface area contributed by atoms with Gasteiger partial charge < -0.3 is 25.8 Å². The quantitative estimate of drug-likeness (QED) is 0.136. The molecule has 1 heterocycles. The largest absolute Gasteiger partial charge is 0.352 e. The van der Waals surface area contributed by atoms with Crippen LogP contribution in [0.1, 0.15) is 72.4 Å². The van der Waals surface area contributed by atoms with Crippen molar-refractivity contribution in [3.05, 3.63) is 131 Å². The number of nitrogens with one attached hydrogen (secondary N) is 3. The molecule has 284 valence electrons. The van der Waals surface area contributed by atoms with E-state index in [1.807, 2.05) is 128 Å². The lowest BCUT2D eigenvalue weighted by molar-refractivity contribution is -0.140. The molecule has 0 bridgehead atoms. The predicted octanol–water partition coefficient (Wildman–Crippen LogP) is 6.14. The topological polar surface area (TPSA) is 111 Å². The lowest BCUT2D eigenvalue weighted by Gasteiger charge is -2.37. The van der Waals surface area contributed by atoms with Crippen LogP contribution < -0.4 is 16.0 Å². The highest BCUT2D eigenvalue weighted by Crippen LogP contribution is 2.27. The van der Waals surface area contributed by atoms with Crippen molar-refractivity contribution in [1.29, 1.82) is 0 Å². The Morgan fingerprint density at radius 1 is 0.778 bits per heavy atom. The van der Waals surface area contributed by atoms with Gasteiger partial charge in [-0.3, -0.25) is 19.2 Å². The van der Waals surface area contributed by atoms with Crippen LogP contribution in [-0.4, -0.2) is 84.8 Å². The molecule has 1 saturated heterocycles. The minimum absolute atomic E-state index is 0.0946. The average Bonchev–Trinajstić information content (AvgIpc) is 3.66. The van der Waals surface area contributed by atoms with E-state index in [2.05, 4.69) is 28.1 Å². The molecule has 0 aromatic heterocycles. The monoisotopic (exact) mass is 729 g/mol. The normalized spacial score (nSPS) is 15.3. The summed E-state index contributed by atoms with van der Waals surface area (Å²) in [4.78, 5) is 57.8. The van der Waals surface area contributed by atoms with E-state index in [9.17, 15) is 19.2 Å². The standard InChI is InChI=1S/C45H55N5O4/c1-32(46-5)41(51)48-40(45(2,3)4)44(54)50-29-12-17-39(50)31-49(30-27-34-15-10-7-11-16-34)43(53)38-24-20-36(21-25-38)35-18-22-37(23-19-35)42(52)47-28-26-33-13-8-6-9-14-33/h6-11,13-16,18-25,32,39-40,46H,12,17,26-31H2,1-5H3,(H,47,52)(H,48,51)/t32-,39-,40+/m0/s1. The van der Waals surface area contributed by atoms with Gasteiger partial charge in [0.2, 0.25) is 11.8 Å². The van der Waals surface area contributed by atoms with Crippen molar-refractivity contribution < 1.29 is 19.2 Å². The number of likely N-dealkylation sites (N-methyl/N-ethyl adjacent to an activating group) is 1. The Balaban J connectivity index is 1.28. The molecule has 9 nitrogen and oxygen atoms in total. The number of carbonyl (C=O) groups excluding carboxylic acids is 4. The highest BCUT2D eigenvalue weighted by atomic mass is 16.2. The third-order valence-electron chi connectivity index (χ3n) is 10.3. The van der Waals surface area contributed by atoms with E-state index >= 15 is 0 Å². The van der Waals surface area contributed by atoms with Crippen molar-refractivity contribution >= 4 is 23.6 Å². The molecule has 54 heavy (non-hydrogen) atoms. The van der Waals surface area contributed by atoms with Gasteiger partial charge >= 0.3 is 0 Å². The first-order chi connectivity index (χ1) is 25.9. The van der Waals surface area contributed by atoms with Gasteiger partial charge in [-0.2, -0.15) is 0 Å². The fourth-order valence-corrected chi connectivity index (χ4v) is 6.84. The fourth-order valence-electron chi connectivity index (χ4n) is 6.84. The van der Waals surface area contributed by atoms with Crippen molar-refractivity contribution in [2.75, 3.05) is 33.2 Å². The summed E-state index contributed by atoms with van der Waals surface area (Å²) >= 11 is 0. The smallest absolute Gasteiger partial charge is 0.253 e. The molecule has 3 N–H and O–H groups in total. The van der Waals surface area contributed by atoms with Crippen LogP contribution >= 0.6 is 0 Å². The summed E-state index contributed by atoms with van der Waals surface area (Å²) in [6.45, 7) is 9.69. The second-order valence-corrected chi connectivity index (χ2v) is 15.3. The van der Waals surface area contributed by atoms with Gasteiger partial charge in [-0.1, -0.05) is 106 Å². The number of benzene rings is 4. The van der Waals surface area contributed by atoms with E-state index < -0.39 is 17.5 Å². The number of rotatable bonds is 15. The Hall–Kier alpha value is -5.28. The van der Waals surface area contributed by atoms with Gasteiger partial charge in [-0.25, -0.2) is 0 Å². The van der Waals surface area contributed by atoms with E-state index in [0.717, 1.165) is 36.0 Å². The molecule has 1 aliphatic heterocycles. The van der Waals surface area contributed by atoms with E-state index in [-0.39, 0.29) is 29.7 Å². The van der Waals surface area contributed by atoms with E-state index in [1.54, 1.807) is 14.0 Å². The molecule has 1 fully saturated rings. The van der Waals surface area contributed by atoms with Crippen LogP contribution in [0.15, 0.2) is 109 Å². The molecule has 1 aliphatic rings. The van der Waals surface area contributed by atoms with Gasteiger partial charge in [-0.15, -0.1) is 0 Å². The first-order valence-electron chi connectivity index (χ1n) is 19.1. The number of amides is 4. The first-order valence-corrected chi connectivity index (χ1v) is 19.1. The second-order valence-electron chi connectivity index (χ2n) is 15.3. The second kappa shape index (κ2) is 18.7. The zero-order valence-corrected chi connectivity index (χ0v) is 32.3.